The van der Waals surface area contributed by atoms with Crippen LogP contribution in [-0.4, -0.2) is 102 Å². The third-order valence-corrected chi connectivity index (χ3v) is 12.8. The standard InChI is InChI=1S/C39H50N8O6S2/c1-5-13-27(32(50)36(52)40-22-30(49)44-31(34-41-24-42-46-34)26-16-10-7-11-17-26)43-35(51)28-21-39(54-18-12-19-55-39)23-47(28)37(53)33(38(2,3)4)45-29(48)20-25-14-8-6-9-15-25/h6-11,14-17,24,27-28,31,33H,5,12-13,18-23H2,1-4H3,(H,40,52)(H,43,51)(H,44,49)(H,45,48)(H,41,42,46)/t27?,28-,31?,33?/m0/s1. The molecule has 0 saturated carbocycles. The maximum absolute atomic E-state index is 14.5. The summed E-state index contributed by atoms with van der Waals surface area (Å²) in [6.07, 6.45) is 3.42. The first-order chi connectivity index (χ1) is 26.3. The van der Waals surface area contributed by atoms with E-state index in [2.05, 4.69) is 36.4 Å². The Bertz CT molecular complexity index is 1800. The number of rotatable bonds is 15. The Morgan fingerprint density at radius 2 is 1.60 bits per heavy atom. The quantitative estimate of drug-likeness (QED) is 0.143. The molecule has 14 nitrogen and oxygen atoms in total. The number of hydrogen-bond donors (Lipinski definition) is 5. The predicted molar refractivity (Wildman–Crippen MR) is 212 cm³/mol. The fraction of sp³-hybridized carbons (Fsp3) is 0.487. The van der Waals surface area contributed by atoms with Gasteiger partial charge in [-0.3, -0.25) is 33.9 Å². The summed E-state index contributed by atoms with van der Waals surface area (Å²) in [6.45, 7) is 7.23. The monoisotopic (exact) mass is 790 g/mol. The lowest BCUT2D eigenvalue weighted by atomic mass is 9.85. The van der Waals surface area contributed by atoms with Crippen molar-refractivity contribution in [3.05, 3.63) is 83.9 Å². The number of nitrogens with one attached hydrogen (secondary N) is 5. The number of hydrogen-bond acceptors (Lipinski definition) is 10. The fourth-order valence-electron chi connectivity index (χ4n) is 6.69. The second-order valence-electron chi connectivity index (χ2n) is 14.9. The van der Waals surface area contributed by atoms with Crippen LogP contribution in [0.25, 0.3) is 0 Å². The number of Topliss-reactive ketones (excluding diaryl/α,β-unsaturated/α-hetero) is 1. The summed E-state index contributed by atoms with van der Waals surface area (Å²) in [4.78, 5) is 87.3. The van der Waals surface area contributed by atoms with E-state index in [4.69, 9.17) is 0 Å². The highest BCUT2D eigenvalue weighted by molar-refractivity contribution is 8.18. The van der Waals surface area contributed by atoms with Crippen molar-refractivity contribution in [2.24, 2.45) is 5.41 Å². The normalized spacial score (nSPS) is 18.1. The molecule has 1 aromatic heterocycles. The van der Waals surface area contributed by atoms with Gasteiger partial charge in [0.2, 0.25) is 29.4 Å². The number of ketones is 1. The molecule has 3 unspecified atom stereocenters. The molecular formula is C39H50N8O6S2. The van der Waals surface area contributed by atoms with Crippen LogP contribution in [0.5, 0.6) is 0 Å². The van der Waals surface area contributed by atoms with Crippen molar-refractivity contribution in [1.82, 2.24) is 41.3 Å². The minimum Gasteiger partial charge on any atom is -0.344 e. The number of nitrogens with zero attached hydrogens (tertiary/aromatic N) is 3. The third kappa shape index (κ3) is 11.0. The highest BCUT2D eigenvalue weighted by atomic mass is 32.2. The Labute approximate surface area is 329 Å². The Balaban J connectivity index is 1.27. The van der Waals surface area contributed by atoms with Gasteiger partial charge in [-0.25, -0.2) is 4.98 Å². The maximum Gasteiger partial charge on any atom is 0.290 e. The van der Waals surface area contributed by atoms with E-state index in [1.54, 1.807) is 28.4 Å². The Morgan fingerprint density at radius 1 is 0.927 bits per heavy atom. The SMILES string of the molecule is CCCC(NC(=O)[C@@H]1CC2(CN1C(=O)C(NC(=O)Cc1ccccc1)C(C)(C)C)SCCCS2)C(=O)C(=O)NCC(=O)NC(c1ccccc1)c1ncn[nH]1. The molecule has 0 bridgehead atoms. The van der Waals surface area contributed by atoms with E-state index in [1.165, 1.54) is 6.33 Å². The van der Waals surface area contributed by atoms with Crippen molar-refractivity contribution >= 4 is 58.8 Å². The number of carbonyl (C=O) groups excluding carboxylic acids is 6. The molecule has 4 atom stereocenters. The molecule has 2 aromatic carbocycles. The zero-order chi connectivity index (χ0) is 39.6. The zero-order valence-electron chi connectivity index (χ0n) is 31.6. The molecule has 16 heteroatoms. The van der Waals surface area contributed by atoms with Crippen molar-refractivity contribution in [3.8, 4) is 0 Å². The summed E-state index contributed by atoms with van der Waals surface area (Å²) in [5, 5.41) is 17.6. The van der Waals surface area contributed by atoms with Crippen LogP contribution >= 0.6 is 23.5 Å². The van der Waals surface area contributed by atoms with Crippen LogP contribution in [0.1, 0.15) is 76.4 Å². The first-order valence-corrected chi connectivity index (χ1v) is 20.5. The number of thioether (sulfide) groups is 2. The molecule has 1 spiro atoms. The van der Waals surface area contributed by atoms with Gasteiger partial charge in [-0.05, 0) is 40.9 Å². The van der Waals surface area contributed by atoms with E-state index in [9.17, 15) is 28.8 Å². The van der Waals surface area contributed by atoms with Gasteiger partial charge in [0.1, 0.15) is 24.5 Å². The molecule has 55 heavy (non-hydrogen) atoms. The van der Waals surface area contributed by atoms with Gasteiger partial charge >= 0.3 is 0 Å². The van der Waals surface area contributed by atoms with Gasteiger partial charge in [0.15, 0.2) is 5.82 Å². The highest BCUT2D eigenvalue weighted by Crippen LogP contribution is 2.50. The third-order valence-electron chi connectivity index (χ3n) is 9.51. The minimum absolute atomic E-state index is 0.0971. The van der Waals surface area contributed by atoms with Crippen LogP contribution in [0, 0.1) is 5.41 Å². The molecule has 0 radical (unpaired) electrons. The zero-order valence-corrected chi connectivity index (χ0v) is 33.3. The smallest absolute Gasteiger partial charge is 0.290 e. The number of aromatic nitrogens is 3. The van der Waals surface area contributed by atoms with Crippen molar-refractivity contribution in [2.75, 3.05) is 24.6 Å². The summed E-state index contributed by atoms with van der Waals surface area (Å²) < 4.78 is -0.426. The summed E-state index contributed by atoms with van der Waals surface area (Å²) in [7, 11) is 0. The summed E-state index contributed by atoms with van der Waals surface area (Å²) in [5.41, 5.74) is 0.857. The molecule has 3 heterocycles. The number of aromatic amines is 1. The van der Waals surface area contributed by atoms with Crippen LogP contribution < -0.4 is 21.3 Å². The molecule has 5 amide bonds. The lowest BCUT2D eigenvalue weighted by Gasteiger charge is -2.36. The first kappa shape index (κ1) is 41.5. The average molecular weight is 791 g/mol. The van der Waals surface area contributed by atoms with E-state index in [0.717, 1.165) is 29.1 Å². The molecule has 2 fully saturated rings. The van der Waals surface area contributed by atoms with Gasteiger partial charge < -0.3 is 26.2 Å². The molecule has 2 saturated heterocycles. The molecule has 2 aliphatic heterocycles. The summed E-state index contributed by atoms with van der Waals surface area (Å²) >= 11 is 3.45. The Hall–Kier alpha value is -4.70. The van der Waals surface area contributed by atoms with Gasteiger partial charge in [-0.15, -0.1) is 23.5 Å². The number of H-pyrrole nitrogens is 1. The second-order valence-corrected chi connectivity index (χ2v) is 18.1. The lowest BCUT2D eigenvalue weighted by molar-refractivity contribution is -0.145. The number of benzene rings is 2. The van der Waals surface area contributed by atoms with Gasteiger partial charge in [0.05, 0.1) is 23.1 Å². The van der Waals surface area contributed by atoms with Crippen molar-refractivity contribution in [3.63, 3.8) is 0 Å². The fourth-order valence-corrected chi connectivity index (χ4v) is 10.0. The van der Waals surface area contributed by atoms with Crippen LogP contribution in [0.4, 0.5) is 0 Å². The average Bonchev–Trinajstić information content (AvgIpc) is 3.84. The van der Waals surface area contributed by atoms with Crippen molar-refractivity contribution < 1.29 is 28.8 Å². The molecule has 5 rings (SSSR count). The summed E-state index contributed by atoms with van der Waals surface area (Å²) in [6, 6.07) is 14.6. The number of amides is 5. The molecule has 294 valence electrons. The minimum atomic E-state index is -1.18. The van der Waals surface area contributed by atoms with Gasteiger partial charge in [-0.2, -0.15) is 5.10 Å². The second kappa shape index (κ2) is 18.8. The highest BCUT2D eigenvalue weighted by Gasteiger charge is 2.53. The van der Waals surface area contributed by atoms with Gasteiger partial charge in [-0.1, -0.05) is 94.8 Å². The van der Waals surface area contributed by atoms with Crippen LogP contribution in [-0.2, 0) is 35.2 Å². The lowest BCUT2D eigenvalue weighted by Crippen LogP contribution is -2.59. The van der Waals surface area contributed by atoms with Crippen molar-refractivity contribution in [1.29, 1.82) is 0 Å². The van der Waals surface area contributed by atoms with E-state index in [1.807, 2.05) is 88.4 Å². The van der Waals surface area contributed by atoms with E-state index >= 15 is 0 Å². The predicted octanol–water partition coefficient (Wildman–Crippen LogP) is 2.92. The topological polar surface area (TPSA) is 195 Å². The molecule has 0 aliphatic carbocycles. The van der Waals surface area contributed by atoms with Gasteiger partial charge in [0.25, 0.3) is 5.91 Å². The number of carbonyl (C=O) groups is 6. The van der Waals surface area contributed by atoms with Gasteiger partial charge in [0, 0.05) is 13.0 Å². The van der Waals surface area contributed by atoms with Crippen LogP contribution in [0.2, 0.25) is 0 Å². The molecular weight excluding hydrogens is 741 g/mol. The van der Waals surface area contributed by atoms with Crippen LogP contribution in [0.3, 0.4) is 0 Å². The first-order valence-electron chi connectivity index (χ1n) is 18.5. The molecule has 2 aliphatic rings. The van der Waals surface area contributed by atoms with Crippen LogP contribution in [0.15, 0.2) is 67.0 Å². The van der Waals surface area contributed by atoms with E-state index in [-0.39, 0.29) is 24.7 Å². The Kier molecular flexibility index (Phi) is 14.1. The molecule has 5 N–H and O–H groups in total. The maximum atomic E-state index is 14.5. The molecule has 3 aromatic rings. The summed E-state index contributed by atoms with van der Waals surface area (Å²) in [5.74, 6) is -1.56. The van der Waals surface area contributed by atoms with E-state index in [0.29, 0.717) is 25.2 Å². The Morgan fingerprint density at radius 3 is 2.22 bits per heavy atom. The number of likely N-dealkylation sites (tertiary alicyclic amines) is 1. The van der Waals surface area contributed by atoms with E-state index < -0.39 is 63.7 Å². The largest absolute Gasteiger partial charge is 0.344 e. The van der Waals surface area contributed by atoms with Crippen molar-refractivity contribution in [2.45, 2.75) is 88.0 Å².